The minimum absolute atomic E-state index is 0. The summed E-state index contributed by atoms with van der Waals surface area (Å²) in [6, 6.07) is 6.26. The highest BCUT2D eigenvalue weighted by Gasteiger charge is 2.31. The van der Waals surface area contributed by atoms with E-state index in [0.29, 0.717) is 30.1 Å². The van der Waals surface area contributed by atoms with Gasteiger partial charge in [0.15, 0.2) is 5.96 Å². The van der Waals surface area contributed by atoms with Crippen molar-refractivity contribution in [1.82, 2.24) is 15.5 Å². The lowest BCUT2D eigenvalue weighted by molar-refractivity contribution is 0.265. The second-order valence-electron chi connectivity index (χ2n) is 7.05. The van der Waals surface area contributed by atoms with E-state index in [1.807, 2.05) is 6.07 Å². The first kappa shape index (κ1) is 22.2. The third kappa shape index (κ3) is 6.40. The van der Waals surface area contributed by atoms with E-state index in [9.17, 15) is 4.39 Å². The van der Waals surface area contributed by atoms with Crippen LogP contribution in [0.5, 0.6) is 0 Å². The zero-order valence-electron chi connectivity index (χ0n) is 16.0. The van der Waals surface area contributed by atoms with Gasteiger partial charge in [0.1, 0.15) is 5.82 Å². The molecule has 1 aliphatic heterocycles. The lowest BCUT2D eigenvalue weighted by Gasteiger charge is -2.22. The lowest BCUT2D eigenvalue weighted by Crippen LogP contribution is -2.46. The molecule has 0 bridgehead atoms. The quantitative estimate of drug-likeness (QED) is 0.400. The number of guanidine groups is 1. The van der Waals surface area contributed by atoms with Crippen molar-refractivity contribution >= 4 is 29.9 Å². The van der Waals surface area contributed by atoms with Gasteiger partial charge in [0, 0.05) is 31.7 Å². The molecule has 6 heteroatoms. The molecule has 2 atom stereocenters. The summed E-state index contributed by atoms with van der Waals surface area (Å²) < 4.78 is 13.7. The second kappa shape index (κ2) is 10.3. The smallest absolute Gasteiger partial charge is 0.191 e. The van der Waals surface area contributed by atoms with Gasteiger partial charge in [-0.25, -0.2) is 9.38 Å². The monoisotopic (exact) mass is 462 g/mol. The Bertz CT molecular complexity index is 577. The molecule has 25 heavy (non-hydrogen) atoms. The Labute approximate surface area is 168 Å². The molecular weight excluding hydrogens is 430 g/mol. The van der Waals surface area contributed by atoms with Gasteiger partial charge in [-0.2, -0.15) is 0 Å². The number of benzene rings is 1. The Morgan fingerprint density at radius 2 is 2.08 bits per heavy atom. The summed E-state index contributed by atoms with van der Waals surface area (Å²) >= 11 is 0. The second-order valence-corrected chi connectivity index (χ2v) is 7.05. The summed E-state index contributed by atoms with van der Waals surface area (Å²) in [5.74, 6) is 1.21. The van der Waals surface area contributed by atoms with Gasteiger partial charge in [-0.15, -0.1) is 24.0 Å². The number of likely N-dealkylation sites (tertiary alicyclic amines) is 1. The van der Waals surface area contributed by atoms with Crippen LogP contribution >= 0.6 is 24.0 Å². The third-order valence-electron chi connectivity index (χ3n) is 4.69. The van der Waals surface area contributed by atoms with Crippen LogP contribution in [0.15, 0.2) is 23.2 Å². The topological polar surface area (TPSA) is 39.7 Å². The maximum atomic E-state index is 13.7. The molecular formula is C19H32FIN4. The molecule has 142 valence electrons. The molecule has 2 rings (SSSR count). The number of hydrogen-bond acceptors (Lipinski definition) is 2. The molecule has 4 nitrogen and oxygen atoms in total. The Morgan fingerprint density at radius 1 is 1.36 bits per heavy atom. The molecule has 1 heterocycles. The van der Waals surface area contributed by atoms with Gasteiger partial charge in [-0.3, -0.25) is 4.90 Å². The van der Waals surface area contributed by atoms with Crippen LogP contribution in [0.1, 0.15) is 38.8 Å². The molecule has 2 N–H and O–H groups in total. The summed E-state index contributed by atoms with van der Waals surface area (Å²) in [5, 5.41) is 6.85. The zero-order chi connectivity index (χ0) is 17.7. The van der Waals surface area contributed by atoms with Crippen molar-refractivity contribution in [3.8, 4) is 0 Å². The first-order valence-corrected chi connectivity index (χ1v) is 8.94. The van der Waals surface area contributed by atoms with Crippen LogP contribution in [0.3, 0.4) is 0 Å². The third-order valence-corrected chi connectivity index (χ3v) is 4.69. The fraction of sp³-hybridized carbons (Fsp3) is 0.632. The first-order chi connectivity index (χ1) is 11.4. The van der Waals surface area contributed by atoms with Crippen molar-refractivity contribution in [1.29, 1.82) is 0 Å². The number of aliphatic imine (C=N–C) groups is 1. The van der Waals surface area contributed by atoms with Crippen LogP contribution in [0.2, 0.25) is 0 Å². The molecule has 0 amide bonds. The van der Waals surface area contributed by atoms with Gasteiger partial charge in [-0.05, 0) is 50.8 Å². The van der Waals surface area contributed by atoms with Gasteiger partial charge in [-0.1, -0.05) is 19.1 Å². The van der Waals surface area contributed by atoms with Crippen LogP contribution in [0.4, 0.5) is 4.39 Å². The predicted octanol–water partition coefficient (Wildman–Crippen LogP) is 3.54. The summed E-state index contributed by atoms with van der Waals surface area (Å²) in [7, 11) is 0. The van der Waals surface area contributed by atoms with Crippen molar-refractivity contribution in [3.63, 3.8) is 0 Å². The molecule has 2 unspecified atom stereocenters. The normalized spacial score (nSPS) is 21.3. The van der Waals surface area contributed by atoms with Crippen molar-refractivity contribution in [2.24, 2.45) is 10.9 Å². The van der Waals surface area contributed by atoms with E-state index in [1.54, 1.807) is 19.1 Å². The first-order valence-electron chi connectivity index (χ1n) is 8.94. The van der Waals surface area contributed by atoms with E-state index < -0.39 is 0 Å². The molecule has 0 aromatic heterocycles. The average Bonchev–Trinajstić information content (AvgIpc) is 2.90. The van der Waals surface area contributed by atoms with Crippen molar-refractivity contribution in [3.05, 3.63) is 35.1 Å². The fourth-order valence-electron chi connectivity index (χ4n) is 3.01. The maximum absolute atomic E-state index is 13.7. The summed E-state index contributed by atoms with van der Waals surface area (Å²) in [5.41, 5.74) is 1.56. The van der Waals surface area contributed by atoms with Crippen LogP contribution < -0.4 is 10.6 Å². The standard InChI is InChI=1S/C19H31FN4.HI/c1-6-21-19(22-10-16-8-7-14(4)17(20)9-16)23-18-12-24(13(2)3)11-15(18)5;/h7-9,13,15,18H,6,10-12H2,1-5H3,(H2,21,22,23);1H. The highest BCUT2D eigenvalue weighted by Crippen LogP contribution is 2.18. The minimum atomic E-state index is -0.169. The van der Waals surface area contributed by atoms with Crippen molar-refractivity contribution in [2.75, 3.05) is 19.6 Å². The summed E-state index contributed by atoms with van der Waals surface area (Å²) in [4.78, 5) is 7.12. The van der Waals surface area contributed by atoms with E-state index in [2.05, 4.69) is 48.2 Å². The molecule has 1 aliphatic rings. The number of nitrogens with zero attached hydrogens (tertiary/aromatic N) is 2. The average molecular weight is 462 g/mol. The van der Waals surface area contributed by atoms with Crippen molar-refractivity contribution < 1.29 is 4.39 Å². The van der Waals surface area contributed by atoms with Gasteiger partial charge < -0.3 is 10.6 Å². The van der Waals surface area contributed by atoms with E-state index >= 15 is 0 Å². The van der Waals surface area contributed by atoms with E-state index in [4.69, 9.17) is 0 Å². The van der Waals surface area contributed by atoms with Gasteiger partial charge >= 0.3 is 0 Å². The van der Waals surface area contributed by atoms with Crippen LogP contribution in [-0.2, 0) is 6.54 Å². The molecule has 0 aliphatic carbocycles. The lowest BCUT2D eigenvalue weighted by atomic mass is 10.1. The van der Waals surface area contributed by atoms with Gasteiger partial charge in [0.05, 0.1) is 6.54 Å². The highest BCUT2D eigenvalue weighted by molar-refractivity contribution is 14.0. The molecule has 0 radical (unpaired) electrons. The molecule has 1 fully saturated rings. The highest BCUT2D eigenvalue weighted by atomic mass is 127. The summed E-state index contributed by atoms with van der Waals surface area (Å²) in [6.45, 7) is 14.0. The maximum Gasteiger partial charge on any atom is 0.191 e. The Hall–Kier alpha value is -0.890. The Balaban J connectivity index is 0.00000312. The SMILES string of the molecule is CCNC(=NCc1ccc(C)c(F)c1)NC1CN(C(C)C)CC1C.I. The van der Waals surface area contributed by atoms with E-state index in [1.165, 1.54) is 0 Å². The number of nitrogens with one attached hydrogen (secondary N) is 2. The Kier molecular flexibility index (Phi) is 9.13. The van der Waals surface area contributed by atoms with Crippen molar-refractivity contribution in [2.45, 2.75) is 53.2 Å². The van der Waals surface area contributed by atoms with Gasteiger partial charge in [0.2, 0.25) is 0 Å². The molecule has 1 aromatic carbocycles. The van der Waals surface area contributed by atoms with Gasteiger partial charge in [0.25, 0.3) is 0 Å². The van der Waals surface area contributed by atoms with Crippen LogP contribution in [0.25, 0.3) is 0 Å². The number of aryl methyl sites for hydroxylation is 1. The zero-order valence-corrected chi connectivity index (χ0v) is 18.3. The fourth-order valence-corrected chi connectivity index (χ4v) is 3.01. The molecule has 1 saturated heterocycles. The van der Waals surface area contributed by atoms with Crippen LogP contribution in [-0.4, -0.2) is 42.6 Å². The number of hydrogen-bond donors (Lipinski definition) is 2. The van der Waals surface area contributed by atoms with E-state index in [0.717, 1.165) is 31.2 Å². The summed E-state index contributed by atoms with van der Waals surface area (Å²) in [6.07, 6.45) is 0. The number of rotatable bonds is 5. The largest absolute Gasteiger partial charge is 0.357 e. The molecule has 1 aromatic rings. The van der Waals surface area contributed by atoms with E-state index in [-0.39, 0.29) is 29.8 Å². The minimum Gasteiger partial charge on any atom is -0.357 e. The predicted molar refractivity (Wildman–Crippen MR) is 114 cm³/mol. The Morgan fingerprint density at radius 3 is 2.64 bits per heavy atom. The van der Waals surface area contributed by atoms with Crippen LogP contribution in [0, 0.1) is 18.7 Å². The number of halogens is 2. The molecule has 0 saturated carbocycles. The molecule has 0 spiro atoms.